The maximum absolute atomic E-state index is 13.6. The smallest absolute Gasteiger partial charge is 0.405 e. The lowest BCUT2D eigenvalue weighted by atomic mass is 10.0. The third-order valence-electron chi connectivity index (χ3n) is 9.91. The number of H-pyrrole nitrogens is 1. The minimum absolute atomic E-state index is 0.0520. The van der Waals surface area contributed by atoms with E-state index in [-0.39, 0.29) is 24.1 Å². The van der Waals surface area contributed by atoms with Crippen LogP contribution in [0.5, 0.6) is 0 Å². The highest BCUT2D eigenvalue weighted by Crippen LogP contribution is 2.29. The Kier molecular flexibility index (Phi) is 10.2. The van der Waals surface area contributed by atoms with Crippen LogP contribution in [0.1, 0.15) is 42.9 Å². The van der Waals surface area contributed by atoms with Crippen LogP contribution < -0.4 is 16.0 Å². The summed E-state index contributed by atoms with van der Waals surface area (Å²) >= 11 is 0. The van der Waals surface area contributed by atoms with Crippen molar-refractivity contribution >= 4 is 52.0 Å². The third-order valence-corrected chi connectivity index (χ3v) is 9.91. The Balaban J connectivity index is 0.982. The van der Waals surface area contributed by atoms with Gasteiger partial charge in [0.1, 0.15) is 18.1 Å². The number of fused-ring (bicyclic) bond motifs is 1. The lowest BCUT2D eigenvalue weighted by molar-refractivity contribution is -0.138. The van der Waals surface area contributed by atoms with E-state index in [9.17, 15) is 29.1 Å². The fourth-order valence-electron chi connectivity index (χ4n) is 7.29. The largest absolute Gasteiger partial charge is 0.465 e. The van der Waals surface area contributed by atoms with Gasteiger partial charge in [-0.1, -0.05) is 72.8 Å². The van der Waals surface area contributed by atoms with E-state index in [2.05, 4.69) is 20.9 Å². The summed E-state index contributed by atoms with van der Waals surface area (Å²) in [5.41, 5.74) is 5.23. The molecule has 7 rings (SSSR count). The zero-order valence-electron chi connectivity index (χ0n) is 29.0. The minimum atomic E-state index is -1.32. The SMILES string of the molecule is O=C(O)N[C@@H](C(=O)N1CCC[C@H]1C(=O)Nc1ccc2[nH]c(-c3ccc(NC(=O)[C@@H]4CCCN4C(=O)Cc4ccccc4)cc3)cc2c1)c1ccccc1. The van der Waals surface area contributed by atoms with Crippen LogP contribution in [0.15, 0.2) is 109 Å². The van der Waals surface area contributed by atoms with Crippen LogP contribution in [0.25, 0.3) is 22.2 Å². The highest BCUT2D eigenvalue weighted by molar-refractivity contribution is 6.01. The molecule has 12 heteroatoms. The average Bonchev–Trinajstić information content (AvgIpc) is 3.95. The summed E-state index contributed by atoms with van der Waals surface area (Å²) in [4.78, 5) is 71.4. The second-order valence-corrected chi connectivity index (χ2v) is 13.4. The molecule has 270 valence electrons. The van der Waals surface area contributed by atoms with E-state index in [1.807, 2.05) is 72.8 Å². The summed E-state index contributed by atoms with van der Waals surface area (Å²) in [6.07, 6.45) is 1.43. The molecule has 0 bridgehead atoms. The first-order valence-electron chi connectivity index (χ1n) is 17.8. The predicted molar refractivity (Wildman–Crippen MR) is 201 cm³/mol. The average molecular weight is 713 g/mol. The van der Waals surface area contributed by atoms with Crippen molar-refractivity contribution in [3.8, 4) is 11.3 Å². The summed E-state index contributed by atoms with van der Waals surface area (Å²) in [5.74, 6) is -1.06. The number of carboxylic acid groups (broad SMARTS) is 1. The number of aromatic nitrogens is 1. The van der Waals surface area contributed by atoms with Crippen molar-refractivity contribution in [2.45, 2.75) is 50.2 Å². The van der Waals surface area contributed by atoms with Crippen LogP contribution in [0.3, 0.4) is 0 Å². The highest BCUT2D eigenvalue weighted by atomic mass is 16.4. The van der Waals surface area contributed by atoms with Gasteiger partial charge >= 0.3 is 6.09 Å². The number of hydrogen-bond donors (Lipinski definition) is 5. The van der Waals surface area contributed by atoms with Gasteiger partial charge in [0.05, 0.1) is 6.42 Å². The van der Waals surface area contributed by atoms with Crippen molar-refractivity contribution in [3.05, 3.63) is 120 Å². The maximum atomic E-state index is 13.6. The molecule has 12 nitrogen and oxygen atoms in total. The molecule has 5 N–H and O–H groups in total. The van der Waals surface area contributed by atoms with Crippen molar-refractivity contribution < 1.29 is 29.1 Å². The predicted octanol–water partition coefficient (Wildman–Crippen LogP) is 5.95. The van der Waals surface area contributed by atoms with Crippen molar-refractivity contribution in [1.29, 1.82) is 0 Å². The fourth-order valence-corrected chi connectivity index (χ4v) is 7.29. The molecule has 53 heavy (non-hydrogen) atoms. The van der Waals surface area contributed by atoms with Gasteiger partial charge in [-0.05, 0) is 78.8 Å². The third kappa shape index (κ3) is 7.91. The van der Waals surface area contributed by atoms with E-state index in [0.29, 0.717) is 49.3 Å². The maximum Gasteiger partial charge on any atom is 0.405 e. The van der Waals surface area contributed by atoms with E-state index in [0.717, 1.165) is 34.1 Å². The molecular weight excluding hydrogens is 672 g/mol. The van der Waals surface area contributed by atoms with Gasteiger partial charge in [0.15, 0.2) is 0 Å². The summed E-state index contributed by atoms with van der Waals surface area (Å²) in [6.45, 7) is 0.909. The van der Waals surface area contributed by atoms with Crippen LogP contribution in [0.4, 0.5) is 16.2 Å². The molecule has 5 amide bonds. The Morgan fingerprint density at radius 1 is 0.717 bits per heavy atom. The number of nitrogens with one attached hydrogen (secondary N) is 4. The molecule has 0 unspecified atom stereocenters. The van der Waals surface area contributed by atoms with Gasteiger partial charge in [0.2, 0.25) is 17.7 Å². The van der Waals surface area contributed by atoms with Crippen molar-refractivity contribution in [2.75, 3.05) is 23.7 Å². The molecule has 0 aliphatic carbocycles. The van der Waals surface area contributed by atoms with Crippen LogP contribution >= 0.6 is 0 Å². The van der Waals surface area contributed by atoms with Gasteiger partial charge in [0.25, 0.3) is 5.91 Å². The first-order chi connectivity index (χ1) is 25.7. The van der Waals surface area contributed by atoms with E-state index in [1.165, 1.54) is 4.90 Å². The summed E-state index contributed by atoms with van der Waals surface area (Å²) in [5, 5.41) is 18.5. The molecule has 2 aliphatic heterocycles. The van der Waals surface area contributed by atoms with Gasteiger partial charge in [-0.25, -0.2) is 4.79 Å². The number of anilines is 2. The molecule has 1 aromatic heterocycles. The Bertz CT molecular complexity index is 2130. The standard InChI is InChI=1S/C41H40N6O6/c48-36(23-26-9-3-1-4-10-26)46-21-7-13-34(46)38(49)42-30-17-15-27(16-18-30)33-25-29-24-31(19-20-32(29)44-33)43-39(50)35-14-8-22-47(35)40(51)37(45-41(52)53)28-11-5-2-6-12-28/h1-6,9-12,15-20,24-25,34-35,37,44-45H,7-8,13-14,21-23H2,(H,42,49)(H,43,50)(H,52,53)/t34-,35-,37+/m0/s1. The molecule has 5 aromatic rings. The molecule has 3 atom stereocenters. The molecule has 0 spiro atoms. The lowest BCUT2D eigenvalue weighted by Gasteiger charge is -2.28. The zero-order valence-corrected chi connectivity index (χ0v) is 29.0. The van der Waals surface area contributed by atoms with Gasteiger partial charge in [-0.15, -0.1) is 0 Å². The number of amides is 5. The second-order valence-electron chi connectivity index (χ2n) is 13.4. The summed E-state index contributed by atoms with van der Waals surface area (Å²) in [6, 6.07) is 30.7. The number of likely N-dealkylation sites (tertiary alicyclic amines) is 2. The lowest BCUT2D eigenvalue weighted by Crippen LogP contribution is -2.48. The van der Waals surface area contributed by atoms with Crippen molar-refractivity contribution in [2.24, 2.45) is 0 Å². The number of carbonyl (C=O) groups excluding carboxylic acids is 4. The van der Waals surface area contributed by atoms with Gasteiger partial charge in [-0.2, -0.15) is 0 Å². The quantitative estimate of drug-likeness (QED) is 0.120. The van der Waals surface area contributed by atoms with E-state index >= 15 is 0 Å². The molecule has 3 heterocycles. The highest BCUT2D eigenvalue weighted by Gasteiger charge is 2.38. The van der Waals surface area contributed by atoms with Crippen molar-refractivity contribution in [3.63, 3.8) is 0 Å². The number of benzene rings is 4. The summed E-state index contributed by atoms with van der Waals surface area (Å²) < 4.78 is 0. The number of hydrogen-bond acceptors (Lipinski definition) is 5. The van der Waals surface area contributed by atoms with Crippen LogP contribution in [-0.2, 0) is 25.6 Å². The van der Waals surface area contributed by atoms with E-state index in [4.69, 9.17) is 0 Å². The monoisotopic (exact) mass is 712 g/mol. The Hall–Kier alpha value is -6.43. The molecule has 0 saturated carbocycles. The van der Waals surface area contributed by atoms with E-state index < -0.39 is 30.1 Å². The molecule has 2 fully saturated rings. The fraction of sp³-hybridized carbons (Fsp3) is 0.244. The Labute approximate surface area is 306 Å². The van der Waals surface area contributed by atoms with Crippen LogP contribution in [0, 0.1) is 0 Å². The van der Waals surface area contributed by atoms with Crippen LogP contribution in [0.2, 0.25) is 0 Å². The first-order valence-corrected chi connectivity index (χ1v) is 17.8. The molecule has 2 aliphatic rings. The molecule has 0 radical (unpaired) electrons. The number of rotatable bonds is 10. The van der Waals surface area contributed by atoms with Crippen LogP contribution in [-0.4, -0.2) is 74.8 Å². The Morgan fingerprint density at radius 3 is 2.00 bits per heavy atom. The topological polar surface area (TPSA) is 164 Å². The zero-order chi connectivity index (χ0) is 36.9. The second kappa shape index (κ2) is 15.4. The normalized spacial score (nSPS) is 17.4. The molecule has 2 saturated heterocycles. The molecule has 4 aromatic carbocycles. The van der Waals surface area contributed by atoms with Gasteiger partial charge in [-0.3, -0.25) is 19.2 Å². The number of aromatic amines is 1. The number of nitrogens with zero attached hydrogens (tertiary/aromatic N) is 2. The van der Waals surface area contributed by atoms with Crippen molar-refractivity contribution in [1.82, 2.24) is 20.1 Å². The van der Waals surface area contributed by atoms with Gasteiger partial charge in [0, 0.05) is 41.1 Å². The minimum Gasteiger partial charge on any atom is -0.465 e. The first kappa shape index (κ1) is 35.0. The van der Waals surface area contributed by atoms with E-state index in [1.54, 1.807) is 41.3 Å². The molecular formula is C41H40N6O6. The summed E-state index contributed by atoms with van der Waals surface area (Å²) in [7, 11) is 0. The number of carbonyl (C=O) groups is 5. The Morgan fingerprint density at radius 2 is 1.32 bits per heavy atom. The van der Waals surface area contributed by atoms with Gasteiger partial charge < -0.3 is 35.8 Å².